The van der Waals surface area contributed by atoms with Crippen LogP contribution in [0, 0.1) is 12.8 Å². The summed E-state index contributed by atoms with van der Waals surface area (Å²) in [6, 6.07) is 5.77. The molecule has 1 aliphatic rings. The summed E-state index contributed by atoms with van der Waals surface area (Å²) < 4.78 is 0. The lowest BCUT2D eigenvalue weighted by molar-refractivity contribution is -0.117. The fraction of sp³-hybridized carbons (Fsp3) is 0.308. The molecule has 1 amide bonds. The van der Waals surface area contributed by atoms with Gasteiger partial charge >= 0.3 is 0 Å². The molecule has 1 aromatic carbocycles. The van der Waals surface area contributed by atoms with Gasteiger partial charge in [-0.2, -0.15) is 0 Å². The summed E-state index contributed by atoms with van der Waals surface area (Å²) in [5.41, 5.74) is 8.52. The molecule has 1 aromatic rings. The highest BCUT2D eigenvalue weighted by Crippen LogP contribution is 2.31. The topological polar surface area (TPSA) is 46.3 Å². The number of anilines is 2. The zero-order chi connectivity index (χ0) is 11.7. The van der Waals surface area contributed by atoms with E-state index in [0.717, 1.165) is 11.3 Å². The second-order valence-electron chi connectivity index (χ2n) is 4.21. The van der Waals surface area contributed by atoms with E-state index >= 15 is 0 Å². The first-order chi connectivity index (χ1) is 7.63. The summed E-state index contributed by atoms with van der Waals surface area (Å²) in [7, 11) is 0. The van der Waals surface area contributed by atoms with Crippen LogP contribution in [0.4, 0.5) is 11.4 Å². The highest BCUT2D eigenvalue weighted by atomic mass is 16.2. The van der Waals surface area contributed by atoms with Crippen LogP contribution in [-0.2, 0) is 4.79 Å². The molecular weight excluding hydrogens is 200 g/mol. The smallest absolute Gasteiger partial charge is 0.227 e. The monoisotopic (exact) mass is 216 g/mol. The fourth-order valence-electron chi connectivity index (χ4n) is 2.03. The van der Waals surface area contributed by atoms with Crippen molar-refractivity contribution in [3.63, 3.8) is 0 Å². The van der Waals surface area contributed by atoms with Gasteiger partial charge in [-0.05, 0) is 18.6 Å². The molecule has 0 spiro atoms. The molecule has 0 aliphatic carbocycles. The van der Waals surface area contributed by atoms with E-state index < -0.39 is 0 Å². The number of rotatable bonds is 2. The summed E-state index contributed by atoms with van der Waals surface area (Å²) >= 11 is 0. The van der Waals surface area contributed by atoms with Crippen LogP contribution >= 0.6 is 0 Å². The van der Waals surface area contributed by atoms with Crippen LogP contribution in [0.2, 0.25) is 0 Å². The van der Waals surface area contributed by atoms with Gasteiger partial charge in [0.2, 0.25) is 5.91 Å². The van der Waals surface area contributed by atoms with Crippen LogP contribution in [0.5, 0.6) is 0 Å². The molecule has 1 saturated heterocycles. The minimum absolute atomic E-state index is 0.127. The summed E-state index contributed by atoms with van der Waals surface area (Å²) in [6.45, 7) is 6.37. The molecule has 1 heterocycles. The van der Waals surface area contributed by atoms with Crippen molar-refractivity contribution in [2.75, 3.05) is 17.2 Å². The van der Waals surface area contributed by atoms with E-state index in [0.29, 0.717) is 18.7 Å². The Balaban J connectivity index is 2.35. The average molecular weight is 216 g/mol. The van der Waals surface area contributed by atoms with Gasteiger partial charge in [-0.15, -0.1) is 6.58 Å². The largest absolute Gasteiger partial charge is 0.397 e. The summed E-state index contributed by atoms with van der Waals surface area (Å²) in [5, 5.41) is 0. The Bertz CT molecular complexity index is 440. The molecule has 0 saturated carbocycles. The maximum atomic E-state index is 11.8. The number of aryl methyl sites for hydroxylation is 1. The predicted octanol–water partition coefficient (Wildman–Crippen LogP) is 2.12. The second kappa shape index (κ2) is 4.00. The van der Waals surface area contributed by atoms with E-state index in [2.05, 4.69) is 6.58 Å². The third kappa shape index (κ3) is 1.69. The Hall–Kier alpha value is -1.77. The third-order valence-corrected chi connectivity index (χ3v) is 3.08. The van der Waals surface area contributed by atoms with E-state index in [-0.39, 0.29) is 11.8 Å². The first kappa shape index (κ1) is 10.7. The number of amides is 1. The first-order valence-corrected chi connectivity index (χ1v) is 5.41. The van der Waals surface area contributed by atoms with E-state index in [4.69, 9.17) is 5.73 Å². The molecule has 84 valence electrons. The lowest BCUT2D eigenvalue weighted by Crippen LogP contribution is -2.25. The molecule has 3 nitrogen and oxygen atoms in total. The quantitative estimate of drug-likeness (QED) is 0.608. The highest BCUT2D eigenvalue weighted by Gasteiger charge is 2.29. The van der Waals surface area contributed by atoms with Crippen molar-refractivity contribution in [2.24, 2.45) is 5.92 Å². The lowest BCUT2D eigenvalue weighted by atomic mass is 10.1. The minimum Gasteiger partial charge on any atom is -0.397 e. The number of hydrogen-bond donors (Lipinski definition) is 1. The number of benzene rings is 1. The Morgan fingerprint density at radius 1 is 1.56 bits per heavy atom. The number of para-hydroxylation sites is 1. The molecule has 1 aliphatic heterocycles. The zero-order valence-corrected chi connectivity index (χ0v) is 9.44. The minimum atomic E-state index is 0.127. The maximum Gasteiger partial charge on any atom is 0.227 e. The summed E-state index contributed by atoms with van der Waals surface area (Å²) in [5.74, 6) is 0.370. The van der Waals surface area contributed by atoms with Crippen LogP contribution < -0.4 is 10.6 Å². The molecule has 0 aromatic heterocycles. The van der Waals surface area contributed by atoms with Gasteiger partial charge in [0.05, 0.1) is 11.4 Å². The van der Waals surface area contributed by atoms with Gasteiger partial charge in [-0.1, -0.05) is 18.2 Å². The molecule has 3 heteroatoms. The molecule has 1 unspecified atom stereocenters. The van der Waals surface area contributed by atoms with Gasteiger partial charge < -0.3 is 10.6 Å². The van der Waals surface area contributed by atoms with Gasteiger partial charge in [0.25, 0.3) is 0 Å². The normalized spacial score (nSPS) is 20.2. The van der Waals surface area contributed by atoms with Crippen molar-refractivity contribution < 1.29 is 4.79 Å². The van der Waals surface area contributed by atoms with E-state index in [9.17, 15) is 4.79 Å². The number of nitrogens with two attached hydrogens (primary N) is 1. The van der Waals surface area contributed by atoms with Crippen molar-refractivity contribution in [3.8, 4) is 0 Å². The summed E-state index contributed by atoms with van der Waals surface area (Å²) in [6.07, 6.45) is 2.38. The van der Waals surface area contributed by atoms with Crippen molar-refractivity contribution in [3.05, 3.63) is 36.4 Å². The van der Waals surface area contributed by atoms with Gasteiger partial charge in [0, 0.05) is 18.9 Å². The van der Waals surface area contributed by atoms with Crippen LogP contribution in [0.3, 0.4) is 0 Å². The van der Waals surface area contributed by atoms with Crippen LogP contribution in [-0.4, -0.2) is 12.5 Å². The molecule has 16 heavy (non-hydrogen) atoms. The van der Waals surface area contributed by atoms with Gasteiger partial charge in [-0.3, -0.25) is 4.79 Å². The number of hydrogen-bond acceptors (Lipinski definition) is 2. The van der Waals surface area contributed by atoms with Crippen LogP contribution in [0.25, 0.3) is 0 Å². The number of nitrogen functional groups attached to an aromatic ring is 1. The lowest BCUT2D eigenvalue weighted by Gasteiger charge is -2.19. The number of nitrogens with zero attached hydrogens (tertiary/aromatic N) is 1. The average Bonchev–Trinajstić information content (AvgIpc) is 2.64. The van der Waals surface area contributed by atoms with Gasteiger partial charge in [0.15, 0.2) is 0 Å². The van der Waals surface area contributed by atoms with Crippen molar-refractivity contribution in [2.45, 2.75) is 13.3 Å². The van der Waals surface area contributed by atoms with Crippen molar-refractivity contribution >= 4 is 17.3 Å². The van der Waals surface area contributed by atoms with Crippen LogP contribution in [0.1, 0.15) is 12.0 Å². The molecule has 2 N–H and O–H groups in total. The molecule has 0 radical (unpaired) electrons. The summed E-state index contributed by atoms with van der Waals surface area (Å²) in [4.78, 5) is 13.6. The molecule has 1 fully saturated rings. The van der Waals surface area contributed by atoms with Gasteiger partial charge in [-0.25, -0.2) is 0 Å². The highest BCUT2D eigenvalue weighted by molar-refractivity contribution is 5.99. The van der Waals surface area contributed by atoms with E-state index in [1.807, 2.05) is 31.2 Å². The third-order valence-electron chi connectivity index (χ3n) is 3.08. The molecule has 2 rings (SSSR count). The van der Waals surface area contributed by atoms with Crippen molar-refractivity contribution in [1.29, 1.82) is 0 Å². The first-order valence-electron chi connectivity index (χ1n) is 5.41. The second-order valence-corrected chi connectivity index (χ2v) is 4.21. The zero-order valence-electron chi connectivity index (χ0n) is 9.44. The standard InChI is InChI=1S/C13H16N2O/c1-3-10-7-12(16)15(8-10)11-6-4-5-9(2)13(11)14/h3-6,10H,1,7-8,14H2,2H3. The van der Waals surface area contributed by atoms with Gasteiger partial charge in [0.1, 0.15) is 0 Å². The number of carbonyl (C=O) groups is 1. The van der Waals surface area contributed by atoms with Crippen LogP contribution in [0.15, 0.2) is 30.9 Å². The Kier molecular flexibility index (Phi) is 2.69. The maximum absolute atomic E-state index is 11.8. The Labute approximate surface area is 95.6 Å². The molecular formula is C13H16N2O. The van der Waals surface area contributed by atoms with E-state index in [1.165, 1.54) is 0 Å². The van der Waals surface area contributed by atoms with E-state index in [1.54, 1.807) is 4.90 Å². The Morgan fingerprint density at radius 2 is 2.31 bits per heavy atom. The molecule has 1 atom stereocenters. The number of carbonyl (C=O) groups excluding carboxylic acids is 1. The van der Waals surface area contributed by atoms with Crippen molar-refractivity contribution in [1.82, 2.24) is 0 Å². The Morgan fingerprint density at radius 3 is 2.94 bits per heavy atom. The SMILES string of the molecule is C=CC1CC(=O)N(c2cccc(C)c2N)C1. The molecule has 0 bridgehead atoms. The predicted molar refractivity (Wildman–Crippen MR) is 66.2 cm³/mol. The fourth-order valence-corrected chi connectivity index (χ4v) is 2.03.